The molecule has 1 saturated heterocycles. The fourth-order valence-electron chi connectivity index (χ4n) is 1.67. The molecule has 0 aromatic carbocycles. The van der Waals surface area contributed by atoms with Gasteiger partial charge in [0, 0.05) is 13.1 Å². The first-order valence-electron chi connectivity index (χ1n) is 6.59. The van der Waals surface area contributed by atoms with E-state index < -0.39 is 0 Å². The molecule has 1 aliphatic rings. The molecular weight excluding hydrogens is 206 g/mol. The summed E-state index contributed by atoms with van der Waals surface area (Å²) in [4.78, 5) is 2.38. The topological polar surface area (TPSA) is 3.24 Å². The first-order chi connectivity index (χ1) is 8.26. The molecule has 0 saturated carbocycles. The van der Waals surface area contributed by atoms with Gasteiger partial charge in [-0.25, -0.2) is 0 Å². The molecule has 0 aromatic rings. The van der Waals surface area contributed by atoms with Crippen molar-refractivity contribution in [1.82, 2.24) is 4.90 Å². The zero-order valence-electron chi connectivity index (χ0n) is 11.9. The minimum atomic E-state index is 1.18. The first-order valence-corrected chi connectivity index (χ1v) is 6.59. The number of piperidine rings is 1. The third kappa shape index (κ3) is 6.96. The zero-order valence-corrected chi connectivity index (χ0v) is 11.9. The van der Waals surface area contributed by atoms with E-state index in [-0.39, 0.29) is 0 Å². The van der Waals surface area contributed by atoms with E-state index in [0.717, 1.165) is 0 Å². The lowest BCUT2D eigenvalue weighted by Gasteiger charge is -2.24. The van der Waals surface area contributed by atoms with Crippen LogP contribution in [0.3, 0.4) is 0 Å². The molecular formula is C16H27N. The van der Waals surface area contributed by atoms with Crippen molar-refractivity contribution >= 4 is 0 Å². The van der Waals surface area contributed by atoms with Crippen LogP contribution >= 0.6 is 0 Å². The number of hydrogen-bond donors (Lipinski definition) is 0. The lowest BCUT2D eigenvalue weighted by Crippen LogP contribution is -2.26. The Morgan fingerprint density at radius 2 is 1.82 bits per heavy atom. The van der Waals surface area contributed by atoms with Gasteiger partial charge in [-0.1, -0.05) is 56.4 Å². The Labute approximate surface area is 107 Å². The summed E-state index contributed by atoms with van der Waals surface area (Å²) in [5.74, 6) is 0. The molecule has 1 heterocycles. The molecule has 1 rings (SSSR count). The van der Waals surface area contributed by atoms with Crippen LogP contribution in [0.25, 0.3) is 0 Å². The Morgan fingerprint density at radius 3 is 2.29 bits per heavy atom. The van der Waals surface area contributed by atoms with Gasteiger partial charge in [0.1, 0.15) is 0 Å². The highest BCUT2D eigenvalue weighted by Crippen LogP contribution is 2.17. The standard InChI is InChI=1S/C14H21N.C2H6/c1-4-6-7-13(5-2)12-14-8-10-15(3)11-9-14;1-2/h4-7,12H,2,8-11H2,1,3H3;1-2H3/b6-4-,13-7+;. The molecule has 0 unspecified atom stereocenters. The molecule has 0 atom stereocenters. The molecule has 0 aromatic heterocycles. The quantitative estimate of drug-likeness (QED) is 0.655. The smallest absolute Gasteiger partial charge is 0.00158 e. The van der Waals surface area contributed by atoms with Gasteiger partial charge in [-0.15, -0.1) is 0 Å². The minimum Gasteiger partial charge on any atom is -0.306 e. The minimum absolute atomic E-state index is 1.18. The van der Waals surface area contributed by atoms with Gasteiger partial charge in [0.05, 0.1) is 0 Å². The van der Waals surface area contributed by atoms with Crippen molar-refractivity contribution in [3.8, 4) is 0 Å². The van der Waals surface area contributed by atoms with Crippen LogP contribution in [0.5, 0.6) is 0 Å². The highest BCUT2D eigenvalue weighted by atomic mass is 15.1. The molecule has 1 aliphatic heterocycles. The van der Waals surface area contributed by atoms with Crippen LogP contribution in [0.15, 0.2) is 48.1 Å². The van der Waals surface area contributed by atoms with E-state index in [0.29, 0.717) is 0 Å². The van der Waals surface area contributed by atoms with Gasteiger partial charge >= 0.3 is 0 Å². The van der Waals surface area contributed by atoms with Crippen LogP contribution in [0.2, 0.25) is 0 Å². The number of allylic oxidation sites excluding steroid dienone is 6. The fourth-order valence-corrected chi connectivity index (χ4v) is 1.67. The number of rotatable bonds is 3. The van der Waals surface area contributed by atoms with E-state index >= 15 is 0 Å². The predicted octanol–water partition coefficient (Wildman–Crippen LogP) is 4.35. The molecule has 0 radical (unpaired) electrons. The molecule has 1 heteroatoms. The fraction of sp³-hybridized carbons (Fsp3) is 0.500. The Kier molecular flexibility index (Phi) is 9.46. The van der Waals surface area contributed by atoms with Gasteiger partial charge in [0.2, 0.25) is 0 Å². The molecule has 0 bridgehead atoms. The number of likely N-dealkylation sites (tertiary alicyclic amines) is 1. The summed E-state index contributed by atoms with van der Waals surface area (Å²) < 4.78 is 0. The highest BCUT2D eigenvalue weighted by Gasteiger charge is 2.09. The van der Waals surface area contributed by atoms with Crippen molar-refractivity contribution < 1.29 is 0 Å². The summed E-state index contributed by atoms with van der Waals surface area (Å²) in [6, 6.07) is 0. The van der Waals surface area contributed by atoms with Crippen molar-refractivity contribution in [3.05, 3.63) is 48.1 Å². The highest BCUT2D eigenvalue weighted by molar-refractivity contribution is 5.35. The maximum atomic E-state index is 3.84. The largest absolute Gasteiger partial charge is 0.306 e. The third-order valence-corrected chi connectivity index (χ3v) is 2.72. The predicted molar refractivity (Wildman–Crippen MR) is 79.3 cm³/mol. The number of nitrogens with zero attached hydrogens (tertiary/aromatic N) is 1. The molecule has 0 amide bonds. The van der Waals surface area contributed by atoms with E-state index in [9.17, 15) is 0 Å². The van der Waals surface area contributed by atoms with E-state index in [1.807, 2.05) is 32.9 Å². The van der Waals surface area contributed by atoms with Crippen LogP contribution in [0.1, 0.15) is 33.6 Å². The third-order valence-electron chi connectivity index (χ3n) is 2.72. The Balaban J connectivity index is 0.00000121. The molecule has 96 valence electrons. The van der Waals surface area contributed by atoms with Gasteiger partial charge in [-0.05, 0) is 32.4 Å². The maximum absolute atomic E-state index is 3.84. The lowest BCUT2D eigenvalue weighted by molar-refractivity contribution is 0.312. The second-order valence-corrected chi connectivity index (χ2v) is 4.00. The lowest BCUT2D eigenvalue weighted by atomic mass is 10.0. The summed E-state index contributed by atoms with van der Waals surface area (Å²) in [5, 5.41) is 0. The summed E-state index contributed by atoms with van der Waals surface area (Å²) in [5.41, 5.74) is 2.76. The van der Waals surface area contributed by atoms with E-state index in [2.05, 4.69) is 36.8 Å². The summed E-state index contributed by atoms with van der Waals surface area (Å²) in [6.45, 7) is 12.2. The van der Waals surface area contributed by atoms with Crippen LogP contribution < -0.4 is 0 Å². The molecule has 0 spiro atoms. The van der Waals surface area contributed by atoms with E-state index in [4.69, 9.17) is 0 Å². The second-order valence-electron chi connectivity index (χ2n) is 4.00. The van der Waals surface area contributed by atoms with Crippen molar-refractivity contribution in [3.63, 3.8) is 0 Å². The zero-order chi connectivity index (χ0) is 13.1. The molecule has 17 heavy (non-hydrogen) atoms. The summed E-state index contributed by atoms with van der Waals surface area (Å²) >= 11 is 0. The van der Waals surface area contributed by atoms with Crippen molar-refractivity contribution in [2.45, 2.75) is 33.6 Å². The molecule has 0 N–H and O–H groups in total. The van der Waals surface area contributed by atoms with Crippen molar-refractivity contribution in [2.75, 3.05) is 20.1 Å². The van der Waals surface area contributed by atoms with Crippen LogP contribution in [-0.2, 0) is 0 Å². The summed E-state index contributed by atoms with van der Waals surface area (Å²) in [6.07, 6.45) is 12.8. The maximum Gasteiger partial charge on any atom is 0.00158 e. The van der Waals surface area contributed by atoms with Gasteiger partial charge in [0.25, 0.3) is 0 Å². The molecule has 0 aliphatic carbocycles. The SMILES string of the molecule is C=C/C(C=C1CCN(C)CC1)=C\C=C/C.CC. The van der Waals surface area contributed by atoms with Gasteiger partial charge < -0.3 is 4.90 Å². The van der Waals surface area contributed by atoms with Gasteiger partial charge in [0.15, 0.2) is 0 Å². The van der Waals surface area contributed by atoms with Crippen LogP contribution in [0.4, 0.5) is 0 Å². The second kappa shape index (κ2) is 10.1. The average molecular weight is 233 g/mol. The van der Waals surface area contributed by atoms with E-state index in [1.54, 1.807) is 5.57 Å². The van der Waals surface area contributed by atoms with E-state index in [1.165, 1.54) is 31.5 Å². The molecule has 1 fully saturated rings. The van der Waals surface area contributed by atoms with Gasteiger partial charge in [-0.3, -0.25) is 0 Å². The van der Waals surface area contributed by atoms with Crippen LogP contribution in [0, 0.1) is 0 Å². The average Bonchev–Trinajstić information content (AvgIpc) is 2.39. The monoisotopic (exact) mass is 233 g/mol. The van der Waals surface area contributed by atoms with Crippen molar-refractivity contribution in [1.29, 1.82) is 0 Å². The van der Waals surface area contributed by atoms with Crippen molar-refractivity contribution in [2.24, 2.45) is 0 Å². The number of hydrogen-bond acceptors (Lipinski definition) is 1. The first kappa shape index (κ1) is 15.9. The molecule has 1 nitrogen and oxygen atoms in total. The summed E-state index contributed by atoms with van der Waals surface area (Å²) in [7, 11) is 2.18. The normalized spacial score (nSPS) is 17.6. The van der Waals surface area contributed by atoms with Gasteiger partial charge in [-0.2, -0.15) is 0 Å². The Morgan fingerprint density at radius 1 is 1.24 bits per heavy atom. The Hall–Kier alpha value is -1.08. The van der Waals surface area contributed by atoms with Crippen LogP contribution in [-0.4, -0.2) is 25.0 Å². The Bertz CT molecular complexity index is 285.